The monoisotopic (exact) mass is 242 g/mol. The van der Waals surface area contributed by atoms with Crippen molar-refractivity contribution in [1.82, 2.24) is 24.4 Å². The van der Waals surface area contributed by atoms with Crippen molar-refractivity contribution in [1.29, 1.82) is 0 Å². The van der Waals surface area contributed by atoms with Crippen molar-refractivity contribution in [2.45, 2.75) is 13.5 Å². The molecular weight excluding hydrogens is 228 g/mol. The Morgan fingerprint density at radius 2 is 2.17 bits per heavy atom. The maximum Gasteiger partial charge on any atom is 0.243 e. The number of aromatic nitrogens is 5. The van der Waals surface area contributed by atoms with Gasteiger partial charge in [-0.2, -0.15) is 10.1 Å². The Labute approximate surface area is 104 Å². The lowest BCUT2D eigenvalue weighted by molar-refractivity contribution is 0.756. The highest BCUT2D eigenvalue weighted by molar-refractivity contribution is 5.43. The zero-order valence-electron chi connectivity index (χ0n) is 10.3. The molecule has 1 N–H and O–H groups in total. The number of hydrogen-bond donors (Lipinski definition) is 1. The molecule has 3 rings (SSSR count). The molecule has 0 saturated heterocycles. The molecule has 0 aliphatic heterocycles. The molecule has 0 amide bonds. The average Bonchev–Trinajstić information content (AvgIpc) is 2.89. The highest BCUT2D eigenvalue weighted by Gasteiger charge is 2.05. The third-order valence-electron chi connectivity index (χ3n) is 2.79. The van der Waals surface area contributed by atoms with Gasteiger partial charge in [0.05, 0.1) is 5.69 Å². The Morgan fingerprint density at radius 1 is 1.28 bits per heavy atom. The number of hydrogen-bond acceptors (Lipinski definition) is 4. The van der Waals surface area contributed by atoms with E-state index >= 15 is 0 Å². The highest BCUT2D eigenvalue weighted by atomic mass is 15.3. The van der Waals surface area contributed by atoms with E-state index in [1.165, 1.54) is 0 Å². The molecule has 0 atom stereocenters. The van der Waals surface area contributed by atoms with Crippen LogP contribution in [-0.2, 0) is 13.6 Å². The van der Waals surface area contributed by atoms with Gasteiger partial charge in [-0.1, -0.05) is 6.07 Å². The summed E-state index contributed by atoms with van der Waals surface area (Å²) in [5.74, 6) is 0.629. The van der Waals surface area contributed by atoms with E-state index in [1.54, 1.807) is 4.52 Å². The van der Waals surface area contributed by atoms with Crippen LogP contribution in [0.4, 0.5) is 5.95 Å². The van der Waals surface area contributed by atoms with Gasteiger partial charge >= 0.3 is 0 Å². The first-order valence-electron chi connectivity index (χ1n) is 5.77. The van der Waals surface area contributed by atoms with E-state index in [9.17, 15) is 0 Å². The Bertz CT molecular complexity index is 648. The molecule has 6 nitrogen and oxygen atoms in total. The van der Waals surface area contributed by atoms with Crippen LogP contribution >= 0.6 is 0 Å². The molecule has 92 valence electrons. The van der Waals surface area contributed by atoms with Crippen molar-refractivity contribution in [3.8, 4) is 0 Å². The number of nitrogens with one attached hydrogen (secondary N) is 1. The molecule has 0 aliphatic rings. The molecule has 0 bridgehead atoms. The van der Waals surface area contributed by atoms with Gasteiger partial charge in [-0.05, 0) is 19.1 Å². The minimum absolute atomic E-state index is 0.629. The summed E-state index contributed by atoms with van der Waals surface area (Å²) < 4.78 is 3.56. The number of rotatable bonds is 3. The van der Waals surface area contributed by atoms with Crippen LogP contribution in [0.1, 0.15) is 11.3 Å². The lowest BCUT2D eigenvalue weighted by Gasteiger charge is -1.98. The molecule has 0 spiro atoms. The predicted molar refractivity (Wildman–Crippen MR) is 68.3 cm³/mol. The molecule has 0 saturated carbocycles. The van der Waals surface area contributed by atoms with Gasteiger partial charge in [-0.25, -0.2) is 4.52 Å². The molecule has 3 aromatic rings. The van der Waals surface area contributed by atoms with Gasteiger partial charge in [0.15, 0.2) is 5.65 Å². The first kappa shape index (κ1) is 10.8. The summed E-state index contributed by atoms with van der Waals surface area (Å²) in [5, 5.41) is 11.8. The maximum absolute atomic E-state index is 4.38. The molecule has 6 heteroatoms. The molecule has 0 unspecified atom stereocenters. The van der Waals surface area contributed by atoms with Crippen molar-refractivity contribution in [2.24, 2.45) is 7.05 Å². The SMILES string of the molecule is Cc1nn(C)cc1CNc1nc2ccccn2n1. The van der Waals surface area contributed by atoms with Crippen LogP contribution in [0.15, 0.2) is 30.6 Å². The normalized spacial score (nSPS) is 11.0. The lowest BCUT2D eigenvalue weighted by Crippen LogP contribution is -2.01. The molecule has 0 radical (unpaired) electrons. The van der Waals surface area contributed by atoms with Crippen molar-refractivity contribution >= 4 is 11.6 Å². The van der Waals surface area contributed by atoms with Gasteiger partial charge in [0, 0.05) is 31.5 Å². The summed E-state index contributed by atoms with van der Waals surface area (Å²) in [7, 11) is 1.92. The van der Waals surface area contributed by atoms with Gasteiger partial charge in [0.25, 0.3) is 0 Å². The molecule has 0 aromatic carbocycles. The van der Waals surface area contributed by atoms with Crippen LogP contribution in [0.25, 0.3) is 5.65 Å². The van der Waals surface area contributed by atoms with Crippen LogP contribution in [-0.4, -0.2) is 24.4 Å². The second kappa shape index (κ2) is 4.14. The van der Waals surface area contributed by atoms with Crippen molar-refractivity contribution in [3.05, 3.63) is 41.9 Å². The number of anilines is 1. The summed E-state index contributed by atoms with van der Waals surface area (Å²) in [5.41, 5.74) is 3.01. The number of nitrogens with zero attached hydrogens (tertiary/aromatic N) is 5. The summed E-state index contributed by atoms with van der Waals surface area (Å²) in [6, 6.07) is 5.79. The molecule has 18 heavy (non-hydrogen) atoms. The second-order valence-electron chi connectivity index (χ2n) is 4.21. The van der Waals surface area contributed by atoms with Crippen molar-refractivity contribution in [2.75, 3.05) is 5.32 Å². The Hall–Kier alpha value is -2.37. The Morgan fingerprint density at radius 3 is 2.89 bits per heavy atom. The van der Waals surface area contributed by atoms with Crippen LogP contribution in [0, 0.1) is 6.92 Å². The minimum atomic E-state index is 0.629. The van der Waals surface area contributed by atoms with E-state index in [1.807, 2.05) is 49.2 Å². The van der Waals surface area contributed by atoms with Gasteiger partial charge in [-0.15, -0.1) is 5.10 Å². The second-order valence-corrected chi connectivity index (χ2v) is 4.21. The standard InChI is InChI=1S/C12H14N6/c1-9-10(8-17(2)15-9)7-13-12-14-11-5-3-4-6-18(11)16-12/h3-6,8H,7H2,1-2H3,(H,13,16). The molecule has 3 heterocycles. The molecule has 0 fully saturated rings. The molecule has 0 aliphatic carbocycles. The third kappa shape index (κ3) is 1.92. The van der Waals surface area contributed by atoms with Gasteiger partial charge < -0.3 is 5.32 Å². The fraction of sp³-hybridized carbons (Fsp3) is 0.250. The van der Waals surface area contributed by atoms with Crippen LogP contribution in [0.5, 0.6) is 0 Å². The maximum atomic E-state index is 4.38. The average molecular weight is 242 g/mol. The lowest BCUT2D eigenvalue weighted by atomic mass is 10.3. The van der Waals surface area contributed by atoms with Gasteiger partial charge in [-0.3, -0.25) is 4.68 Å². The van der Waals surface area contributed by atoms with Crippen molar-refractivity contribution < 1.29 is 0 Å². The fourth-order valence-corrected chi connectivity index (χ4v) is 1.90. The van der Waals surface area contributed by atoms with Crippen LogP contribution in [0.2, 0.25) is 0 Å². The van der Waals surface area contributed by atoms with E-state index in [4.69, 9.17) is 0 Å². The quantitative estimate of drug-likeness (QED) is 0.754. The Balaban J connectivity index is 1.78. The molecular formula is C12H14N6. The summed E-state index contributed by atoms with van der Waals surface area (Å²) in [6.07, 6.45) is 3.88. The van der Waals surface area contributed by atoms with E-state index < -0.39 is 0 Å². The first-order chi connectivity index (χ1) is 8.72. The third-order valence-corrected chi connectivity index (χ3v) is 2.79. The first-order valence-corrected chi connectivity index (χ1v) is 5.77. The number of fused-ring (bicyclic) bond motifs is 1. The van der Waals surface area contributed by atoms with E-state index in [-0.39, 0.29) is 0 Å². The highest BCUT2D eigenvalue weighted by Crippen LogP contribution is 2.09. The predicted octanol–water partition coefficient (Wildman–Crippen LogP) is 1.38. The zero-order chi connectivity index (χ0) is 12.5. The summed E-state index contributed by atoms with van der Waals surface area (Å²) >= 11 is 0. The Kier molecular flexibility index (Phi) is 2.47. The van der Waals surface area contributed by atoms with E-state index in [0.717, 1.165) is 16.9 Å². The van der Waals surface area contributed by atoms with Crippen LogP contribution < -0.4 is 5.32 Å². The number of aryl methyl sites for hydroxylation is 2. The smallest absolute Gasteiger partial charge is 0.243 e. The topological polar surface area (TPSA) is 60.0 Å². The zero-order valence-corrected chi connectivity index (χ0v) is 10.3. The minimum Gasteiger partial charge on any atom is -0.349 e. The number of pyridine rings is 1. The largest absolute Gasteiger partial charge is 0.349 e. The van der Waals surface area contributed by atoms with Gasteiger partial charge in [0.2, 0.25) is 5.95 Å². The van der Waals surface area contributed by atoms with Gasteiger partial charge in [0.1, 0.15) is 0 Å². The van der Waals surface area contributed by atoms with Crippen LogP contribution in [0.3, 0.4) is 0 Å². The van der Waals surface area contributed by atoms with E-state index in [2.05, 4.69) is 20.5 Å². The molecule has 3 aromatic heterocycles. The fourth-order valence-electron chi connectivity index (χ4n) is 1.90. The summed E-state index contributed by atoms with van der Waals surface area (Å²) in [4.78, 5) is 4.38. The van der Waals surface area contributed by atoms with Crippen molar-refractivity contribution in [3.63, 3.8) is 0 Å². The summed E-state index contributed by atoms with van der Waals surface area (Å²) in [6.45, 7) is 2.67. The van der Waals surface area contributed by atoms with E-state index in [0.29, 0.717) is 12.5 Å².